The first-order valence-electron chi connectivity index (χ1n) is 16.8. The highest BCUT2D eigenvalue weighted by Gasteiger charge is 2.46. The average Bonchev–Trinajstić information content (AvgIpc) is 3.86. The van der Waals surface area contributed by atoms with E-state index in [0.717, 1.165) is 5.56 Å². The van der Waals surface area contributed by atoms with Crippen molar-refractivity contribution in [3.63, 3.8) is 0 Å². The molecule has 0 radical (unpaired) electrons. The van der Waals surface area contributed by atoms with E-state index in [0.29, 0.717) is 31.7 Å². The van der Waals surface area contributed by atoms with Crippen LogP contribution in [0.15, 0.2) is 59.5 Å². The Bertz CT molecular complexity index is 1530. The Labute approximate surface area is 286 Å². The van der Waals surface area contributed by atoms with Gasteiger partial charge in [-0.1, -0.05) is 44.2 Å². The van der Waals surface area contributed by atoms with Gasteiger partial charge < -0.3 is 44.2 Å². The number of nitrogens with zero attached hydrogens (tertiary/aromatic N) is 1. The van der Waals surface area contributed by atoms with E-state index in [-0.39, 0.29) is 55.4 Å². The number of hydrogen-bond donors (Lipinski definition) is 2. The number of anilines is 1. The van der Waals surface area contributed by atoms with Gasteiger partial charge in [0.1, 0.15) is 18.3 Å². The summed E-state index contributed by atoms with van der Waals surface area (Å²) >= 11 is 0. The highest BCUT2D eigenvalue weighted by Crippen LogP contribution is 2.34. The van der Waals surface area contributed by atoms with Crippen molar-refractivity contribution in [1.29, 1.82) is 0 Å². The molecule has 2 aromatic rings. The van der Waals surface area contributed by atoms with Gasteiger partial charge in [-0.3, -0.25) is 0 Å². The van der Waals surface area contributed by atoms with Crippen molar-refractivity contribution in [1.82, 2.24) is 9.62 Å². The lowest BCUT2D eigenvalue weighted by molar-refractivity contribution is -0.0910. The molecule has 3 N–H and O–H groups in total. The molecule has 4 aliphatic rings. The number of fused-ring (bicyclic) bond motifs is 2. The molecule has 8 atom stereocenters. The second kappa shape index (κ2) is 15.6. The summed E-state index contributed by atoms with van der Waals surface area (Å²) in [5.41, 5.74) is 7.07. The number of benzene rings is 2. The Morgan fingerprint density at radius 1 is 0.878 bits per heavy atom. The van der Waals surface area contributed by atoms with E-state index in [2.05, 4.69) is 5.32 Å². The lowest BCUT2D eigenvalue weighted by Crippen LogP contribution is -2.53. The van der Waals surface area contributed by atoms with Gasteiger partial charge in [-0.05, 0) is 55.0 Å². The Morgan fingerprint density at radius 2 is 1.49 bits per heavy atom. The number of alkyl carbamates (subject to hydrolysis) is 1. The minimum Gasteiger partial charge on any atom is -0.443 e. The fraction of sp³-hybridized carbons (Fsp3) is 0.588. The monoisotopic (exact) mass is 703 g/mol. The maximum Gasteiger partial charge on any atom is 0.509 e. The van der Waals surface area contributed by atoms with Gasteiger partial charge in [-0.25, -0.2) is 18.0 Å². The number of sulfonamides is 1. The molecule has 1 amide bonds. The Balaban J connectivity index is 1.28. The molecular formula is C34H45N3O11S. The molecule has 0 bridgehead atoms. The van der Waals surface area contributed by atoms with Crippen molar-refractivity contribution < 1.29 is 51.2 Å². The molecule has 0 spiro atoms. The number of rotatable bonds is 13. The number of ether oxygens (including phenoxy) is 7. The molecule has 268 valence electrons. The summed E-state index contributed by atoms with van der Waals surface area (Å²) in [4.78, 5) is 27.1. The fourth-order valence-corrected chi connectivity index (χ4v) is 8.37. The molecule has 49 heavy (non-hydrogen) atoms. The van der Waals surface area contributed by atoms with Crippen molar-refractivity contribution in [2.75, 3.05) is 45.3 Å². The number of carbonyl (C=O) groups is 2. The standard InChI is InChI=1S/C34H45N3O11S/c1-21(2)17-37(49(40,41)24-10-8-23(35)9-11-24)18-28(47-34(39)48-30-20-45-32-26(30)13-15-43-32)27(16-22-6-4-3-5-7-22)36-33(38)46-29-19-44-31-25(29)12-14-42-31/h3-11,21,25-32H,12-20,35H2,1-2H3,(H,36,38)/t25?,26-,27+,28-,29+,30-,31-,32+/m1/s1. The zero-order chi connectivity index (χ0) is 34.5. The van der Waals surface area contributed by atoms with Crippen molar-refractivity contribution in [3.05, 3.63) is 60.2 Å². The maximum atomic E-state index is 14.1. The topological polar surface area (TPSA) is 174 Å². The minimum absolute atomic E-state index is 0.0283. The van der Waals surface area contributed by atoms with Crippen molar-refractivity contribution in [3.8, 4) is 0 Å². The Morgan fingerprint density at radius 3 is 2.10 bits per heavy atom. The number of amides is 1. The largest absolute Gasteiger partial charge is 0.509 e. The van der Waals surface area contributed by atoms with Crippen LogP contribution in [0.1, 0.15) is 32.3 Å². The third-order valence-corrected chi connectivity index (χ3v) is 11.1. The Kier molecular flexibility index (Phi) is 11.3. The van der Waals surface area contributed by atoms with Crippen LogP contribution in [0.5, 0.6) is 0 Å². The van der Waals surface area contributed by atoms with Crippen LogP contribution >= 0.6 is 0 Å². The van der Waals surface area contributed by atoms with Crippen LogP contribution < -0.4 is 11.1 Å². The molecular weight excluding hydrogens is 658 g/mol. The quantitative estimate of drug-likeness (QED) is 0.231. The molecule has 0 saturated carbocycles. The van der Waals surface area contributed by atoms with Crippen LogP contribution in [0.3, 0.4) is 0 Å². The van der Waals surface area contributed by atoms with E-state index in [9.17, 15) is 18.0 Å². The van der Waals surface area contributed by atoms with Crippen LogP contribution in [0.2, 0.25) is 0 Å². The van der Waals surface area contributed by atoms with Gasteiger partial charge in [-0.2, -0.15) is 4.31 Å². The second-order valence-corrected chi connectivity index (χ2v) is 15.2. The van der Waals surface area contributed by atoms with Crippen LogP contribution in [-0.2, 0) is 49.6 Å². The summed E-state index contributed by atoms with van der Waals surface area (Å²) in [6.45, 7) is 4.92. The molecule has 4 saturated heterocycles. The van der Waals surface area contributed by atoms with Crippen molar-refractivity contribution in [2.45, 2.75) is 74.9 Å². The van der Waals surface area contributed by atoms with Gasteiger partial charge in [0.05, 0.1) is 55.7 Å². The third-order valence-electron chi connectivity index (χ3n) is 9.24. The molecule has 1 unspecified atom stereocenters. The molecule has 0 aromatic heterocycles. The molecule has 14 nitrogen and oxygen atoms in total. The summed E-state index contributed by atoms with van der Waals surface area (Å²) in [7, 11) is -4.11. The molecule has 6 rings (SSSR count). The number of hydrogen-bond acceptors (Lipinski definition) is 12. The predicted octanol–water partition coefficient (Wildman–Crippen LogP) is 3.30. The maximum absolute atomic E-state index is 14.1. The SMILES string of the molecule is CC(C)CN(C[C@@H](OC(=O)O[C@@H]1CO[C@@H]2OCC[C@@H]21)[C@H](Cc1ccccc1)NC(=O)O[C@H]1CO[C@H]2OCCC21)S(=O)(=O)c1ccc(N)cc1. The molecule has 15 heteroatoms. The van der Waals surface area contributed by atoms with E-state index in [1.165, 1.54) is 28.6 Å². The first-order valence-corrected chi connectivity index (χ1v) is 18.2. The highest BCUT2D eigenvalue weighted by atomic mass is 32.2. The van der Waals surface area contributed by atoms with Crippen molar-refractivity contribution >= 4 is 28.0 Å². The summed E-state index contributed by atoms with van der Waals surface area (Å²) in [6, 6.07) is 14.3. The predicted molar refractivity (Wildman–Crippen MR) is 175 cm³/mol. The van der Waals surface area contributed by atoms with E-state index in [1.54, 1.807) is 0 Å². The summed E-state index contributed by atoms with van der Waals surface area (Å²) in [6.07, 6.45) is -3.42. The molecule has 4 heterocycles. The van der Waals surface area contributed by atoms with Crippen molar-refractivity contribution in [2.24, 2.45) is 17.8 Å². The smallest absolute Gasteiger partial charge is 0.443 e. The van der Waals surface area contributed by atoms with Gasteiger partial charge in [0.15, 0.2) is 12.6 Å². The number of carbonyl (C=O) groups excluding carboxylic acids is 2. The molecule has 4 fully saturated rings. The van der Waals surface area contributed by atoms with E-state index >= 15 is 0 Å². The first kappa shape index (κ1) is 35.4. The normalized spacial score (nSPS) is 27.4. The lowest BCUT2D eigenvalue weighted by Gasteiger charge is -2.33. The number of nitrogens with two attached hydrogens (primary N) is 1. The van der Waals surface area contributed by atoms with Crippen LogP contribution in [0.25, 0.3) is 0 Å². The van der Waals surface area contributed by atoms with Gasteiger partial charge in [0.2, 0.25) is 10.0 Å². The highest BCUT2D eigenvalue weighted by molar-refractivity contribution is 7.89. The van der Waals surface area contributed by atoms with Gasteiger partial charge in [-0.15, -0.1) is 0 Å². The summed E-state index contributed by atoms with van der Waals surface area (Å²) in [5.74, 6) is -0.330. The summed E-state index contributed by atoms with van der Waals surface area (Å²) < 4.78 is 69.4. The Hall–Kier alpha value is -3.47. The van der Waals surface area contributed by atoms with Crippen LogP contribution in [-0.4, -0.2) is 101 Å². The lowest BCUT2D eigenvalue weighted by atomic mass is 10.0. The van der Waals surface area contributed by atoms with E-state index in [4.69, 9.17) is 38.9 Å². The van der Waals surface area contributed by atoms with Gasteiger partial charge >= 0.3 is 12.2 Å². The van der Waals surface area contributed by atoms with Crippen LogP contribution in [0.4, 0.5) is 15.3 Å². The fourth-order valence-electron chi connectivity index (χ4n) is 6.75. The van der Waals surface area contributed by atoms with Gasteiger partial charge in [0.25, 0.3) is 0 Å². The molecule has 4 aliphatic heterocycles. The zero-order valence-electron chi connectivity index (χ0n) is 27.7. The first-order chi connectivity index (χ1) is 23.6. The van der Waals surface area contributed by atoms with E-state index in [1.807, 2.05) is 44.2 Å². The third kappa shape index (κ3) is 8.64. The van der Waals surface area contributed by atoms with E-state index < -0.39 is 59.2 Å². The molecule has 2 aromatic carbocycles. The molecule has 0 aliphatic carbocycles. The number of nitrogens with one attached hydrogen (secondary N) is 1. The average molecular weight is 704 g/mol. The second-order valence-electron chi connectivity index (χ2n) is 13.3. The van der Waals surface area contributed by atoms with Gasteiger partial charge in [0, 0.05) is 12.2 Å². The minimum atomic E-state index is -4.11. The van der Waals surface area contributed by atoms with Crippen LogP contribution in [0, 0.1) is 17.8 Å². The number of nitrogen functional groups attached to an aromatic ring is 1. The summed E-state index contributed by atoms with van der Waals surface area (Å²) in [5, 5.41) is 2.89. The zero-order valence-corrected chi connectivity index (χ0v) is 28.5.